The molecule has 138 valence electrons. The van der Waals surface area contributed by atoms with Gasteiger partial charge < -0.3 is 15.2 Å². The van der Waals surface area contributed by atoms with Crippen molar-refractivity contribution in [2.24, 2.45) is 10.7 Å². The molecule has 0 amide bonds. The third-order valence-electron chi connectivity index (χ3n) is 4.98. The van der Waals surface area contributed by atoms with Crippen molar-refractivity contribution in [1.82, 2.24) is 9.55 Å². The van der Waals surface area contributed by atoms with Crippen LogP contribution in [0.25, 0.3) is 11.0 Å². The van der Waals surface area contributed by atoms with Crippen LogP contribution in [0.1, 0.15) is 24.6 Å². The number of imidazole rings is 1. The molecule has 1 saturated heterocycles. The quantitative estimate of drug-likeness (QED) is 0.744. The van der Waals surface area contributed by atoms with Gasteiger partial charge >= 0.3 is 0 Å². The number of ether oxygens (including phenoxy) is 2. The molecule has 0 unspecified atom stereocenters. The lowest BCUT2D eigenvalue weighted by Crippen LogP contribution is -2.31. The molecule has 7 nitrogen and oxygen atoms in total. The number of anilines is 1. The average molecular weight is 363 g/mol. The van der Waals surface area contributed by atoms with E-state index in [0.717, 1.165) is 41.8 Å². The van der Waals surface area contributed by atoms with Gasteiger partial charge in [0, 0.05) is 6.61 Å². The largest absolute Gasteiger partial charge is 0.491 e. The summed E-state index contributed by atoms with van der Waals surface area (Å²) in [6.45, 7) is 1.43. The van der Waals surface area contributed by atoms with Crippen LogP contribution in [0, 0.1) is 0 Å². The lowest BCUT2D eigenvalue weighted by Gasteiger charge is -2.24. The number of fused-ring (bicyclic) bond motifs is 3. The molecular formula is C20H21N5O2. The van der Waals surface area contributed by atoms with Gasteiger partial charge in [0.15, 0.2) is 12.1 Å². The van der Waals surface area contributed by atoms with Gasteiger partial charge in [-0.05, 0) is 42.7 Å². The summed E-state index contributed by atoms with van der Waals surface area (Å²) in [6, 6.07) is 16.0. The fourth-order valence-corrected chi connectivity index (χ4v) is 3.64. The summed E-state index contributed by atoms with van der Waals surface area (Å²) in [6.07, 6.45) is 2.13. The van der Waals surface area contributed by atoms with Crippen molar-refractivity contribution in [3.8, 4) is 5.75 Å². The smallest absolute Gasteiger partial charge is 0.212 e. The molecule has 5 rings (SSSR count). The van der Waals surface area contributed by atoms with E-state index >= 15 is 0 Å². The summed E-state index contributed by atoms with van der Waals surface area (Å²) in [7, 11) is 0. The molecule has 7 heteroatoms. The van der Waals surface area contributed by atoms with E-state index in [1.165, 1.54) is 0 Å². The average Bonchev–Trinajstić information content (AvgIpc) is 3.33. The van der Waals surface area contributed by atoms with E-state index in [1.54, 1.807) is 0 Å². The zero-order chi connectivity index (χ0) is 18.2. The summed E-state index contributed by atoms with van der Waals surface area (Å²) in [4.78, 5) is 9.22. The summed E-state index contributed by atoms with van der Waals surface area (Å²) in [5.41, 5.74) is 8.94. The molecule has 3 heterocycles. The number of benzene rings is 2. The van der Waals surface area contributed by atoms with Gasteiger partial charge in [-0.25, -0.2) is 9.98 Å². The molecule has 3 aromatic rings. The molecule has 2 atom stereocenters. The van der Waals surface area contributed by atoms with Gasteiger partial charge in [-0.15, -0.1) is 0 Å². The van der Waals surface area contributed by atoms with Crippen LogP contribution >= 0.6 is 0 Å². The van der Waals surface area contributed by atoms with Gasteiger partial charge in [0.2, 0.25) is 5.95 Å². The SMILES string of the molecule is NC1=N[C@H](c2ccc(OC[C@H]3CCCO3)cc2)n2c(nc3ccccc32)N1. The third kappa shape index (κ3) is 3.00. The zero-order valence-corrected chi connectivity index (χ0v) is 14.8. The molecule has 0 spiro atoms. The van der Waals surface area contributed by atoms with E-state index in [2.05, 4.69) is 19.9 Å². The Morgan fingerprint density at radius 1 is 1.19 bits per heavy atom. The van der Waals surface area contributed by atoms with Crippen molar-refractivity contribution < 1.29 is 9.47 Å². The Hall–Kier alpha value is -3.06. The number of aliphatic imine (C=N–C) groups is 1. The summed E-state index contributed by atoms with van der Waals surface area (Å²) < 4.78 is 13.5. The maximum atomic E-state index is 5.99. The third-order valence-corrected chi connectivity index (χ3v) is 4.98. The number of rotatable bonds is 4. The van der Waals surface area contributed by atoms with E-state index in [1.807, 2.05) is 48.5 Å². The first-order valence-electron chi connectivity index (χ1n) is 9.19. The van der Waals surface area contributed by atoms with Crippen molar-refractivity contribution in [2.75, 3.05) is 18.5 Å². The summed E-state index contributed by atoms with van der Waals surface area (Å²) in [5.74, 6) is 1.89. The monoisotopic (exact) mass is 363 g/mol. The van der Waals surface area contributed by atoms with Gasteiger partial charge in [-0.1, -0.05) is 24.3 Å². The Morgan fingerprint density at radius 2 is 2.04 bits per heavy atom. The van der Waals surface area contributed by atoms with Crippen LogP contribution in [0.5, 0.6) is 5.75 Å². The molecule has 2 aromatic carbocycles. The molecule has 0 aliphatic carbocycles. The number of para-hydroxylation sites is 2. The lowest BCUT2D eigenvalue weighted by molar-refractivity contribution is 0.0679. The second kappa shape index (κ2) is 6.59. The molecule has 27 heavy (non-hydrogen) atoms. The Bertz CT molecular complexity index is 989. The Balaban J connectivity index is 1.43. The van der Waals surface area contributed by atoms with Crippen molar-refractivity contribution in [2.45, 2.75) is 25.1 Å². The van der Waals surface area contributed by atoms with Gasteiger partial charge in [0.1, 0.15) is 12.4 Å². The van der Waals surface area contributed by atoms with Crippen LogP contribution in [-0.4, -0.2) is 34.8 Å². The van der Waals surface area contributed by atoms with Crippen LogP contribution in [-0.2, 0) is 4.74 Å². The molecule has 0 bridgehead atoms. The van der Waals surface area contributed by atoms with Crippen LogP contribution in [0.15, 0.2) is 53.5 Å². The Morgan fingerprint density at radius 3 is 2.85 bits per heavy atom. The highest BCUT2D eigenvalue weighted by molar-refractivity contribution is 5.94. The van der Waals surface area contributed by atoms with Gasteiger partial charge in [0.25, 0.3) is 0 Å². The van der Waals surface area contributed by atoms with Crippen molar-refractivity contribution >= 4 is 22.9 Å². The minimum Gasteiger partial charge on any atom is -0.491 e. The Labute approximate surface area is 156 Å². The normalized spacial score (nSPS) is 21.6. The zero-order valence-electron chi connectivity index (χ0n) is 14.8. The van der Waals surface area contributed by atoms with Gasteiger partial charge in [0.05, 0.1) is 17.1 Å². The highest BCUT2D eigenvalue weighted by Crippen LogP contribution is 2.32. The molecule has 0 radical (unpaired) electrons. The second-order valence-corrected chi connectivity index (χ2v) is 6.82. The molecule has 2 aliphatic heterocycles. The standard InChI is InChI=1S/C20H21N5O2/c21-19-23-18(25-17-6-2-1-5-16(17)22-20(25)24-19)13-7-9-14(10-8-13)27-12-15-4-3-11-26-15/h1-2,5-10,15,18H,3-4,11-12H2,(H3,21,22,23,24)/t15-,18+/m1/s1. The highest BCUT2D eigenvalue weighted by Gasteiger charge is 2.25. The number of nitrogens with one attached hydrogen (secondary N) is 1. The van der Waals surface area contributed by atoms with Crippen LogP contribution < -0.4 is 15.8 Å². The first kappa shape index (κ1) is 16.1. The van der Waals surface area contributed by atoms with E-state index < -0.39 is 0 Å². The fraction of sp³-hybridized carbons (Fsp3) is 0.300. The van der Waals surface area contributed by atoms with Crippen molar-refractivity contribution in [1.29, 1.82) is 0 Å². The number of guanidine groups is 1. The van der Waals surface area contributed by atoms with Crippen molar-refractivity contribution in [3.63, 3.8) is 0 Å². The predicted octanol–water partition coefficient (Wildman–Crippen LogP) is 2.88. The van der Waals surface area contributed by atoms with Crippen LogP contribution in [0.2, 0.25) is 0 Å². The minimum atomic E-state index is -0.263. The maximum absolute atomic E-state index is 5.99. The van der Waals surface area contributed by atoms with E-state index in [9.17, 15) is 0 Å². The maximum Gasteiger partial charge on any atom is 0.212 e. The number of nitrogens with two attached hydrogens (primary N) is 1. The molecule has 1 fully saturated rings. The minimum absolute atomic E-state index is 0.207. The molecule has 1 aromatic heterocycles. The molecule has 3 N–H and O–H groups in total. The highest BCUT2D eigenvalue weighted by atomic mass is 16.5. The van der Waals surface area contributed by atoms with Crippen LogP contribution in [0.3, 0.4) is 0 Å². The molecule has 2 aliphatic rings. The Kier molecular flexibility index (Phi) is 3.94. The first-order valence-corrected chi connectivity index (χ1v) is 9.19. The fourth-order valence-electron chi connectivity index (χ4n) is 3.64. The van der Waals surface area contributed by atoms with Gasteiger partial charge in [-0.3, -0.25) is 9.88 Å². The van der Waals surface area contributed by atoms with E-state index in [4.69, 9.17) is 15.2 Å². The van der Waals surface area contributed by atoms with Crippen molar-refractivity contribution in [3.05, 3.63) is 54.1 Å². The second-order valence-electron chi connectivity index (χ2n) is 6.82. The number of hydrogen-bond donors (Lipinski definition) is 2. The predicted molar refractivity (Wildman–Crippen MR) is 104 cm³/mol. The number of aromatic nitrogens is 2. The lowest BCUT2D eigenvalue weighted by atomic mass is 10.1. The van der Waals surface area contributed by atoms with E-state index in [0.29, 0.717) is 18.5 Å². The number of hydrogen-bond acceptors (Lipinski definition) is 6. The topological polar surface area (TPSA) is 86.7 Å². The van der Waals surface area contributed by atoms with E-state index in [-0.39, 0.29) is 12.3 Å². The molecular weight excluding hydrogens is 342 g/mol. The van der Waals surface area contributed by atoms with Gasteiger partial charge in [-0.2, -0.15) is 0 Å². The summed E-state index contributed by atoms with van der Waals surface area (Å²) >= 11 is 0. The van der Waals surface area contributed by atoms with Crippen LogP contribution in [0.4, 0.5) is 5.95 Å². The molecule has 0 saturated carbocycles. The first-order chi connectivity index (χ1) is 13.3. The summed E-state index contributed by atoms with van der Waals surface area (Å²) in [5, 5.41) is 3.05. The number of nitrogens with zero attached hydrogens (tertiary/aromatic N) is 3.